The van der Waals surface area contributed by atoms with Gasteiger partial charge in [0.15, 0.2) is 0 Å². The first-order valence-corrected chi connectivity index (χ1v) is 7.76. The lowest BCUT2D eigenvalue weighted by Crippen LogP contribution is -2.39. The van der Waals surface area contributed by atoms with Crippen LogP contribution in [0.2, 0.25) is 0 Å². The van der Waals surface area contributed by atoms with Crippen molar-refractivity contribution in [2.75, 3.05) is 26.2 Å². The van der Waals surface area contributed by atoms with Gasteiger partial charge in [-0.3, -0.25) is 9.88 Å². The second-order valence-electron chi connectivity index (χ2n) is 6.31. The third-order valence-electron chi connectivity index (χ3n) is 4.98. The predicted octanol–water partition coefficient (Wildman–Crippen LogP) is 2.42. The first-order chi connectivity index (χ1) is 10.3. The fourth-order valence-electron chi connectivity index (χ4n) is 3.82. The van der Waals surface area contributed by atoms with E-state index in [0.717, 1.165) is 49.1 Å². The Morgan fingerprint density at radius 2 is 2.14 bits per heavy atom. The van der Waals surface area contributed by atoms with E-state index in [1.807, 2.05) is 12.1 Å². The molecule has 3 nitrogen and oxygen atoms in total. The Kier molecular flexibility index (Phi) is 3.36. The largest absolute Gasteiger partial charge is 0.316 e. The normalized spacial score (nSPS) is 26.1. The van der Waals surface area contributed by atoms with E-state index < -0.39 is 0 Å². The van der Waals surface area contributed by atoms with Crippen molar-refractivity contribution in [2.24, 2.45) is 11.8 Å². The molecule has 4 rings (SSSR count). The molecule has 1 N–H and O–H groups in total. The molecule has 2 aliphatic rings. The first-order valence-electron chi connectivity index (χ1n) is 7.76. The van der Waals surface area contributed by atoms with E-state index in [9.17, 15) is 4.39 Å². The molecule has 1 aromatic carbocycles. The average molecular weight is 285 g/mol. The number of nitrogens with zero attached hydrogens (tertiary/aromatic N) is 2. The Bertz CT molecular complexity index is 658. The van der Waals surface area contributed by atoms with Crippen LogP contribution in [0.15, 0.2) is 30.5 Å². The third kappa shape index (κ3) is 2.43. The molecule has 110 valence electrons. The zero-order chi connectivity index (χ0) is 14.2. The first kappa shape index (κ1) is 13.2. The Balaban J connectivity index is 1.58. The van der Waals surface area contributed by atoms with E-state index in [-0.39, 0.29) is 5.82 Å². The van der Waals surface area contributed by atoms with Gasteiger partial charge in [0.05, 0.1) is 5.52 Å². The van der Waals surface area contributed by atoms with Gasteiger partial charge >= 0.3 is 0 Å². The van der Waals surface area contributed by atoms with Crippen molar-refractivity contribution in [3.05, 3.63) is 41.8 Å². The summed E-state index contributed by atoms with van der Waals surface area (Å²) in [5.41, 5.74) is 1.94. The van der Waals surface area contributed by atoms with Crippen LogP contribution >= 0.6 is 0 Å². The molecule has 0 aliphatic carbocycles. The minimum absolute atomic E-state index is 0.180. The van der Waals surface area contributed by atoms with Crippen molar-refractivity contribution in [3.8, 4) is 0 Å². The topological polar surface area (TPSA) is 28.2 Å². The van der Waals surface area contributed by atoms with Crippen LogP contribution in [0.1, 0.15) is 12.0 Å². The van der Waals surface area contributed by atoms with Crippen molar-refractivity contribution in [1.82, 2.24) is 15.2 Å². The van der Waals surface area contributed by atoms with Gasteiger partial charge in [0.1, 0.15) is 5.82 Å². The van der Waals surface area contributed by atoms with Crippen molar-refractivity contribution >= 4 is 10.9 Å². The smallest absolute Gasteiger partial charge is 0.132 e. The summed E-state index contributed by atoms with van der Waals surface area (Å²) >= 11 is 0. The quantitative estimate of drug-likeness (QED) is 0.918. The highest BCUT2D eigenvalue weighted by atomic mass is 19.1. The highest BCUT2D eigenvalue weighted by Crippen LogP contribution is 2.28. The number of rotatable bonds is 2. The molecule has 2 aliphatic heterocycles. The van der Waals surface area contributed by atoms with E-state index in [2.05, 4.69) is 15.2 Å². The van der Waals surface area contributed by atoms with E-state index in [1.54, 1.807) is 18.3 Å². The molecule has 2 fully saturated rings. The Labute approximate surface area is 124 Å². The highest BCUT2D eigenvalue weighted by Gasteiger charge is 2.32. The van der Waals surface area contributed by atoms with Gasteiger partial charge in [0.25, 0.3) is 0 Å². The number of hydrogen-bond donors (Lipinski definition) is 1. The Morgan fingerprint density at radius 1 is 1.24 bits per heavy atom. The fourth-order valence-corrected chi connectivity index (χ4v) is 3.82. The number of hydrogen-bond acceptors (Lipinski definition) is 3. The summed E-state index contributed by atoms with van der Waals surface area (Å²) in [6.45, 7) is 5.47. The predicted molar refractivity (Wildman–Crippen MR) is 81.4 cm³/mol. The summed E-state index contributed by atoms with van der Waals surface area (Å²) in [6, 6.07) is 7.08. The molecular formula is C17H20FN3. The third-order valence-corrected chi connectivity index (χ3v) is 4.98. The van der Waals surface area contributed by atoms with Crippen LogP contribution in [0.5, 0.6) is 0 Å². The van der Waals surface area contributed by atoms with E-state index in [1.165, 1.54) is 13.0 Å². The van der Waals surface area contributed by atoms with Gasteiger partial charge in [0.2, 0.25) is 0 Å². The SMILES string of the molecule is Fc1ccc(CN2CCC3CNCC3C2)c2ncccc12. The summed E-state index contributed by atoms with van der Waals surface area (Å²) in [4.78, 5) is 6.89. The lowest BCUT2D eigenvalue weighted by atomic mass is 9.88. The van der Waals surface area contributed by atoms with Crippen LogP contribution in [-0.4, -0.2) is 36.1 Å². The number of piperidine rings is 1. The maximum atomic E-state index is 13.9. The highest BCUT2D eigenvalue weighted by molar-refractivity contribution is 5.82. The molecule has 2 atom stereocenters. The summed E-state index contributed by atoms with van der Waals surface area (Å²) in [6.07, 6.45) is 3.02. The van der Waals surface area contributed by atoms with Gasteiger partial charge < -0.3 is 5.32 Å². The molecule has 0 bridgehead atoms. The number of aromatic nitrogens is 1. The van der Waals surface area contributed by atoms with Crippen molar-refractivity contribution in [2.45, 2.75) is 13.0 Å². The second-order valence-corrected chi connectivity index (χ2v) is 6.31. The second kappa shape index (κ2) is 5.35. The van der Waals surface area contributed by atoms with E-state index in [4.69, 9.17) is 0 Å². The van der Waals surface area contributed by atoms with Crippen molar-refractivity contribution in [1.29, 1.82) is 0 Å². The zero-order valence-electron chi connectivity index (χ0n) is 12.1. The van der Waals surface area contributed by atoms with Gasteiger partial charge in [0, 0.05) is 24.7 Å². The maximum Gasteiger partial charge on any atom is 0.132 e. The van der Waals surface area contributed by atoms with Crippen LogP contribution < -0.4 is 5.32 Å². The van der Waals surface area contributed by atoms with Gasteiger partial charge in [-0.1, -0.05) is 6.07 Å². The Hall–Kier alpha value is -1.52. The number of benzene rings is 1. The molecule has 0 amide bonds. The molecule has 0 radical (unpaired) electrons. The van der Waals surface area contributed by atoms with E-state index >= 15 is 0 Å². The maximum absolute atomic E-state index is 13.9. The minimum Gasteiger partial charge on any atom is -0.316 e. The summed E-state index contributed by atoms with van der Waals surface area (Å²) < 4.78 is 13.9. The summed E-state index contributed by atoms with van der Waals surface area (Å²) in [7, 11) is 0. The van der Waals surface area contributed by atoms with Crippen molar-refractivity contribution < 1.29 is 4.39 Å². The zero-order valence-corrected chi connectivity index (χ0v) is 12.1. The lowest BCUT2D eigenvalue weighted by Gasteiger charge is -2.34. The van der Waals surface area contributed by atoms with Crippen LogP contribution in [0.25, 0.3) is 10.9 Å². The van der Waals surface area contributed by atoms with Crippen molar-refractivity contribution in [3.63, 3.8) is 0 Å². The molecule has 21 heavy (non-hydrogen) atoms. The van der Waals surface area contributed by atoms with Gasteiger partial charge in [-0.25, -0.2) is 4.39 Å². The number of fused-ring (bicyclic) bond motifs is 2. The number of nitrogens with one attached hydrogen (secondary N) is 1. The minimum atomic E-state index is -0.180. The van der Waals surface area contributed by atoms with Crippen LogP contribution in [0.3, 0.4) is 0 Å². The van der Waals surface area contributed by atoms with Crippen LogP contribution in [-0.2, 0) is 6.54 Å². The van der Waals surface area contributed by atoms with Gasteiger partial charge in [-0.15, -0.1) is 0 Å². The van der Waals surface area contributed by atoms with Crippen LogP contribution in [0, 0.1) is 17.7 Å². The average Bonchev–Trinajstić information content (AvgIpc) is 2.98. The molecule has 0 spiro atoms. The molecule has 0 saturated carbocycles. The molecule has 2 unspecified atom stereocenters. The summed E-state index contributed by atoms with van der Waals surface area (Å²) in [5.74, 6) is 1.45. The number of pyridine rings is 1. The number of halogens is 1. The number of likely N-dealkylation sites (tertiary alicyclic amines) is 1. The molecule has 3 heterocycles. The molecule has 2 aromatic rings. The monoisotopic (exact) mass is 285 g/mol. The molecule has 4 heteroatoms. The standard InChI is InChI=1S/C17H20FN3/c18-16-4-3-13(17-15(16)2-1-6-20-17)10-21-7-5-12-8-19-9-14(12)11-21/h1-4,6,12,14,19H,5,7-11H2. The molecular weight excluding hydrogens is 265 g/mol. The fraction of sp³-hybridized carbons (Fsp3) is 0.471. The lowest BCUT2D eigenvalue weighted by molar-refractivity contribution is 0.142. The van der Waals surface area contributed by atoms with Gasteiger partial charge in [-0.2, -0.15) is 0 Å². The summed E-state index contributed by atoms with van der Waals surface area (Å²) in [5, 5.41) is 4.13. The van der Waals surface area contributed by atoms with E-state index in [0.29, 0.717) is 5.39 Å². The molecule has 1 aromatic heterocycles. The Morgan fingerprint density at radius 3 is 3.10 bits per heavy atom. The van der Waals surface area contributed by atoms with Gasteiger partial charge in [-0.05, 0) is 61.7 Å². The van der Waals surface area contributed by atoms with Crippen LogP contribution in [0.4, 0.5) is 4.39 Å². The molecule has 2 saturated heterocycles.